The number of carbonyl (C=O) groups excluding carboxylic acids is 2. The van der Waals surface area contributed by atoms with Crippen LogP contribution in [0.4, 0.5) is 35.0 Å². The summed E-state index contributed by atoms with van der Waals surface area (Å²) < 4.78 is 45.7. The molecule has 3 rings (SSSR count). The highest BCUT2D eigenvalue weighted by atomic mass is 19.4. The second-order valence-corrected chi connectivity index (χ2v) is 7.32. The molecule has 0 radical (unpaired) electrons. The van der Waals surface area contributed by atoms with Crippen LogP contribution in [-0.4, -0.2) is 31.6 Å². The first-order valence-electron chi connectivity index (χ1n) is 10.0. The van der Waals surface area contributed by atoms with Gasteiger partial charge >= 0.3 is 12.2 Å². The van der Waals surface area contributed by atoms with Crippen LogP contribution >= 0.6 is 0 Å². The first-order chi connectivity index (χ1) is 15.6. The molecule has 1 aromatic heterocycles. The third-order valence-corrected chi connectivity index (χ3v) is 4.96. The van der Waals surface area contributed by atoms with Gasteiger partial charge in [-0.25, -0.2) is 4.79 Å². The SMILES string of the molecule is CC(CNC(=O)Nc1ccc(NC(=O)c2ccco2)cc1C(F)(F)F)N(C)c1ccccc1. The van der Waals surface area contributed by atoms with Gasteiger partial charge in [-0.1, -0.05) is 18.2 Å². The fourth-order valence-electron chi connectivity index (χ4n) is 3.03. The minimum Gasteiger partial charge on any atom is -0.459 e. The number of alkyl halides is 3. The molecule has 0 bridgehead atoms. The molecule has 2 aromatic carbocycles. The molecule has 3 N–H and O–H groups in total. The standard InChI is InChI=1S/C23H23F3N4O3/c1-15(30(2)17-7-4-3-5-8-17)14-27-22(32)29-19-11-10-16(13-18(19)23(24,25)26)28-21(31)20-9-6-12-33-20/h3-13,15H,14H2,1-2H3,(H,28,31)(H2,27,29,32). The van der Waals surface area contributed by atoms with Gasteiger partial charge in [-0.05, 0) is 49.4 Å². The maximum atomic E-state index is 13.6. The van der Waals surface area contributed by atoms with Crippen molar-refractivity contribution in [3.05, 3.63) is 78.3 Å². The Hall–Kier alpha value is -3.95. The quantitative estimate of drug-likeness (QED) is 0.453. The Morgan fingerprint density at radius 3 is 2.39 bits per heavy atom. The average Bonchev–Trinajstić information content (AvgIpc) is 3.33. The zero-order chi connectivity index (χ0) is 24.0. The van der Waals surface area contributed by atoms with E-state index in [1.54, 1.807) is 0 Å². The van der Waals surface area contributed by atoms with Gasteiger partial charge in [-0.15, -0.1) is 0 Å². The van der Waals surface area contributed by atoms with Crippen LogP contribution in [0.15, 0.2) is 71.3 Å². The number of halogens is 3. The lowest BCUT2D eigenvalue weighted by Crippen LogP contribution is -2.41. The summed E-state index contributed by atoms with van der Waals surface area (Å²) in [7, 11) is 1.86. The Morgan fingerprint density at radius 2 is 1.76 bits per heavy atom. The van der Waals surface area contributed by atoms with Gasteiger partial charge in [0, 0.05) is 31.0 Å². The summed E-state index contributed by atoms with van der Waals surface area (Å²) in [4.78, 5) is 26.3. The number of hydrogen-bond acceptors (Lipinski definition) is 4. The van der Waals surface area contributed by atoms with E-state index < -0.39 is 29.4 Å². The molecule has 0 aliphatic rings. The lowest BCUT2D eigenvalue weighted by atomic mass is 10.1. The highest BCUT2D eigenvalue weighted by Gasteiger charge is 2.34. The molecule has 0 aliphatic carbocycles. The van der Waals surface area contributed by atoms with Gasteiger partial charge in [0.05, 0.1) is 17.5 Å². The van der Waals surface area contributed by atoms with E-state index in [4.69, 9.17) is 4.42 Å². The van der Waals surface area contributed by atoms with Crippen LogP contribution in [0.25, 0.3) is 0 Å². The Bertz CT molecular complexity index is 1090. The third-order valence-electron chi connectivity index (χ3n) is 4.96. The Balaban J connectivity index is 1.65. The number of benzene rings is 2. The number of amides is 3. The topological polar surface area (TPSA) is 86.6 Å². The highest BCUT2D eigenvalue weighted by Crippen LogP contribution is 2.36. The van der Waals surface area contributed by atoms with E-state index in [-0.39, 0.29) is 24.0 Å². The summed E-state index contributed by atoms with van der Waals surface area (Å²) in [5.41, 5.74) is -0.670. The lowest BCUT2D eigenvalue weighted by molar-refractivity contribution is -0.136. The summed E-state index contributed by atoms with van der Waals surface area (Å²) in [6.45, 7) is 2.08. The molecule has 3 aromatic rings. The van der Waals surface area contributed by atoms with Crippen LogP contribution < -0.4 is 20.9 Å². The molecule has 174 valence electrons. The molecule has 1 atom stereocenters. The van der Waals surface area contributed by atoms with Crippen molar-refractivity contribution in [3.63, 3.8) is 0 Å². The number of rotatable bonds is 7. The first-order valence-corrected chi connectivity index (χ1v) is 10.0. The maximum Gasteiger partial charge on any atom is 0.418 e. The van der Waals surface area contributed by atoms with Crippen LogP contribution in [-0.2, 0) is 6.18 Å². The normalized spacial score (nSPS) is 12.0. The van der Waals surface area contributed by atoms with E-state index in [0.29, 0.717) is 0 Å². The molecule has 0 saturated heterocycles. The summed E-state index contributed by atoms with van der Waals surface area (Å²) in [6.07, 6.45) is -3.48. The van der Waals surface area contributed by atoms with E-state index in [1.807, 2.05) is 49.2 Å². The van der Waals surface area contributed by atoms with Crippen LogP contribution in [0.3, 0.4) is 0 Å². The summed E-state index contributed by atoms with van der Waals surface area (Å²) in [5, 5.41) is 7.16. The fraction of sp³-hybridized carbons (Fsp3) is 0.217. The molecule has 1 heterocycles. The van der Waals surface area contributed by atoms with Crippen LogP contribution in [0.1, 0.15) is 23.0 Å². The maximum absolute atomic E-state index is 13.6. The number of furan rings is 1. The lowest BCUT2D eigenvalue weighted by Gasteiger charge is -2.27. The van der Waals surface area contributed by atoms with E-state index in [9.17, 15) is 22.8 Å². The Morgan fingerprint density at radius 1 is 1.03 bits per heavy atom. The zero-order valence-electron chi connectivity index (χ0n) is 17.9. The van der Waals surface area contributed by atoms with Gasteiger partial charge in [-0.2, -0.15) is 13.2 Å². The molecule has 0 saturated carbocycles. The van der Waals surface area contributed by atoms with Gasteiger partial charge in [0.2, 0.25) is 0 Å². The average molecular weight is 460 g/mol. The summed E-state index contributed by atoms with van der Waals surface area (Å²) in [5.74, 6) is -0.733. The third kappa shape index (κ3) is 6.28. The number of urea groups is 1. The smallest absolute Gasteiger partial charge is 0.418 e. The molecule has 0 aliphatic heterocycles. The molecule has 33 heavy (non-hydrogen) atoms. The van der Waals surface area contributed by atoms with Gasteiger partial charge in [0.15, 0.2) is 5.76 Å². The number of likely N-dealkylation sites (N-methyl/N-ethyl adjacent to an activating group) is 1. The van der Waals surface area contributed by atoms with Gasteiger partial charge < -0.3 is 25.3 Å². The van der Waals surface area contributed by atoms with Crippen LogP contribution in [0.2, 0.25) is 0 Å². The van der Waals surface area contributed by atoms with Crippen molar-refractivity contribution < 1.29 is 27.2 Å². The van der Waals surface area contributed by atoms with Gasteiger partial charge in [-0.3, -0.25) is 4.79 Å². The molecule has 10 heteroatoms. The van der Waals surface area contributed by atoms with Crippen molar-refractivity contribution >= 4 is 29.0 Å². The van der Waals surface area contributed by atoms with Crippen molar-refractivity contribution in [1.29, 1.82) is 0 Å². The molecule has 7 nitrogen and oxygen atoms in total. The minimum absolute atomic E-state index is 0.0419. The van der Waals surface area contributed by atoms with Gasteiger partial charge in [0.1, 0.15) is 0 Å². The molecule has 0 spiro atoms. The predicted molar refractivity (Wildman–Crippen MR) is 119 cm³/mol. The molecule has 3 amide bonds. The number of nitrogens with one attached hydrogen (secondary N) is 3. The second kappa shape index (κ2) is 10.1. The number of carbonyl (C=O) groups is 2. The largest absolute Gasteiger partial charge is 0.459 e. The van der Waals surface area contributed by atoms with E-state index >= 15 is 0 Å². The van der Waals surface area contributed by atoms with E-state index in [1.165, 1.54) is 24.5 Å². The van der Waals surface area contributed by atoms with E-state index in [2.05, 4.69) is 16.0 Å². The van der Waals surface area contributed by atoms with Crippen molar-refractivity contribution in [2.24, 2.45) is 0 Å². The van der Waals surface area contributed by atoms with Crippen molar-refractivity contribution in [2.45, 2.75) is 19.1 Å². The summed E-state index contributed by atoms with van der Waals surface area (Å²) >= 11 is 0. The predicted octanol–water partition coefficient (Wildman–Crippen LogP) is 5.20. The van der Waals surface area contributed by atoms with Gasteiger partial charge in [0.25, 0.3) is 5.91 Å². The minimum atomic E-state index is -4.76. The first kappa shape index (κ1) is 23.7. The Kier molecular flexibility index (Phi) is 7.27. The zero-order valence-corrected chi connectivity index (χ0v) is 17.9. The monoisotopic (exact) mass is 460 g/mol. The number of anilines is 3. The number of hydrogen-bond donors (Lipinski definition) is 3. The second-order valence-electron chi connectivity index (χ2n) is 7.32. The molecule has 1 unspecified atom stereocenters. The summed E-state index contributed by atoms with van der Waals surface area (Å²) in [6, 6.07) is 14.6. The number of para-hydroxylation sites is 1. The molecule has 0 fully saturated rings. The van der Waals surface area contributed by atoms with Crippen LogP contribution in [0.5, 0.6) is 0 Å². The molecular formula is C23H23F3N4O3. The van der Waals surface area contributed by atoms with Crippen LogP contribution in [0, 0.1) is 0 Å². The molecular weight excluding hydrogens is 437 g/mol. The van der Waals surface area contributed by atoms with Crippen molar-refractivity contribution in [2.75, 3.05) is 29.1 Å². The fourth-order valence-corrected chi connectivity index (χ4v) is 3.03. The van der Waals surface area contributed by atoms with Crippen molar-refractivity contribution in [3.8, 4) is 0 Å². The highest BCUT2D eigenvalue weighted by molar-refractivity contribution is 6.02. The van der Waals surface area contributed by atoms with Crippen molar-refractivity contribution in [1.82, 2.24) is 5.32 Å². The Labute approximate surface area is 188 Å². The van der Waals surface area contributed by atoms with E-state index in [0.717, 1.165) is 17.8 Å². The number of nitrogens with zero attached hydrogens (tertiary/aromatic N) is 1.